The van der Waals surface area contributed by atoms with Crippen molar-refractivity contribution in [1.29, 1.82) is 0 Å². The Balaban J connectivity index is 2.19. The normalized spacial score (nSPS) is 18.3. The Morgan fingerprint density at radius 1 is 1.24 bits per heavy atom. The van der Waals surface area contributed by atoms with Crippen molar-refractivity contribution >= 4 is 11.9 Å². The van der Waals surface area contributed by atoms with Gasteiger partial charge in [0, 0.05) is 7.05 Å². The lowest BCUT2D eigenvalue weighted by Gasteiger charge is -2.26. The molecule has 1 atom stereocenters. The summed E-state index contributed by atoms with van der Waals surface area (Å²) < 4.78 is 43.4. The molecule has 0 aromatic heterocycles. The van der Waals surface area contributed by atoms with E-state index in [0.29, 0.717) is 11.1 Å². The fourth-order valence-corrected chi connectivity index (χ4v) is 3.04. The smallest absolute Gasteiger partial charge is 0.387 e. The summed E-state index contributed by atoms with van der Waals surface area (Å²) in [6.45, 7) is 0.486. The minimum absolute atomic E-state index is 0.0362. The summed E-state index contributed by atoms with van der Waals surface area (Å²) in [5.74, 6) is 4.00. The zero-order valence-corrected chi connectivity index (χ0v) is 15.3. The highest BCUT2D eigenvalue weighted by Crippen LogP contribution is 2.40. The third kappa shape index (κ3) is 3.55. The van der Waals surface area contributed by atoms with Crippen molar-refractivity contribution in [3.63, 3.8) is 0 Å². The van der Waals surface area contributed by atoms with Crippen LogP contribution in [0, 0.1) is 17.7 Å². The Kier molecular flexibility index (Phi) is 5.33. The molecule has 2 aromatic carbocycles. The van der Waals surface area contributed by atoms with Gasteiger partial charge >= 0.3 is 6.61 Å². The van der Waals surface area contributed by atoms with Gasteiger partial charge in [-0.3, -0.25) is 9.69 Å². The molecule has 0 bridgehead atoms. The number of nitrogens with zero attached hydrogens (tertiary/aromatic N) is 2. The molecule has 2 aromatic rings. The number of rotatable bonds is 4. The van der Waals surface area contributed by atoms with Crippen molar-refractivity contribution in [2.45, 2.75) is 12.2 Å². The summed E-state index contributed by atoms with van der Waals surface area (Å²) in [5, 5.41) is 0. The summed E-state index contributed by atoms with van der Waals surface area (Å²) in [4.78, 5) is 18.7. The average Bonchev–Trinajstić information content (AvgIpc) is 2.92. The van der Waals surface area contributed by atoms with Crippen LogP contribution in [0.4, 0.5) is 13.2 Å². The third-order valence-electron chi connectivity index (χ3n) is 4.43. The first-order valence-corrected chi connectivity index (χ1v) is 8.41. The second-order valence-electron chi connectivity index (χ2n) is 6.12. The van der Waals surface area contributed by atoms with Gasteiger partial charge < -0.3 is 10.5 Å². The van der Waals surface area contributed by atoms with Crippen molar-refractivity contribution in [2.24, 2.45) is 10.7 Å². The maximum absolute atomic E-state index is 14.2. The van der Waals surface area contributed by atoms with Crippen LogP contribution in [-0.2, 0) is 10.3 Å². The zero-order chi connectivity index (χ0) is 21.2. The number of alkyl halides is 2. The molecule has 1 amide bonds. The summed E-state index contributed by atoms with van der Waals surface area (Å²) in [5.41, 5.74) is 5.00. The van der Waals surface area contributed by atoms with Gasteiger partial charge in [0.25, 0.3) is 5.91 Å². The van der Waals surface area contributed by atoms with Gasteiger partial charge in [-0.1, -0.05) is 36.6 Å². The highest BCUT2D eigenvalue weighted by atomic mass is 19.3. The van der Waals surface area contributed by atoms with E-state index in [1.165, 1.54) is 60.5 Å². The Labute approximate surface area is 165 Å². The van der Waals surface area contributed by atoms with Crippen LogP contribution in [-0.4, -0.2) is 30.4 Å². The van der Waals surface area contributed by atoms with Crippen LogP contribution < -0.4 is 10.5 Å². The van der Waals surface area contributed by atoms with Crippen LogP contribution in [0.5, 0.6) is 5.75 Å². The van der Waals surface area contributed by atoms with Crippen LogP contribution in [0.1, 0.15) is 16.7 Å². The summed E-state index contributed by atoms with van der Waals surface area (Å²) in [6.07, 6.45) is 1.31. The van der Waals surface area contributed by atoms with E-state index in [1.807, 2.05) is 0 Å². The van der Waals surface area contributed by atoms with E-state index in [-0.39, 0.29) is 17.3 Å². The number of allylic oxidation sites excluding steroid dienone is 1. The molecule has 0 saturated heterocycles. The van der Waals surface area contributed by atoms with Gasteiger partial charge in [-0.2, -0.15) is 8.78 Å². The fourth-order valence-electron chi connectivity index (χ4n) is 3.04. The van der Waals surface area contributed by atoms with Gasteiger partial charge in [-0.25, -0.2) is 9.38 Å². The number of carbonyl (C=O) groups is 1. The molecule has 148 valence electrons. The van der Waals surface area contributed by atoms with E-state index >= 15 is 0 Å². The fraction of sp³-hybridized carbons (Fsp3) is 0.143. The molecular weight excluding hydrogens is 383 g/mol. The van der Waals surface area contributed by atoms with Crippen LogP contribution >= 0.6 is 0 Å². The molecule has 3 rings (SSSR count). The predicted molar refractivity (Wildman–Crippen MR) is 102 cm³/mol. The lowest BCUT2D eigenvalue weighted by Crippen LogP contribution is -2.41. The number of benzene rings is 2. The number of aliphatic imine (C=N–C) groups is 1. The van der Waals surface area contributed by atoms with Gasteiger partial charge in [-0.05, 0) is 41.5 Å². The van der Waals surface area contributed by atoms with Crippen LogP contribution in [0.3, 0.4) is 0 Å². The molecule has 8 heteroatoms. The Hall–Kier alpha value is -3.73. The number of guanidine groups is 1. The second kappa shape index (κ2) is 7.72. The maximum atomic E-state index is 14.2. The third-order valence-corrected chi connectivity index (χ3v) is 4.43. The van der Waals surface area contributed by atoms with E-state index in [4.69, 9.17) is 5.73 Å². The Morgan fingerprint density at radius 3 is 2.45 bits per heavy atom. The second-order valence-corrected chi connectivity index (χ2v) is 6.12. The molecule has 0 saturated carbocycles. The first kappa shape index (κ1) is 20.0. The molecule has 0 aliphatic carbocycles. The first-order chi connectivity index (χ1) is 13.8. The number of nitrogens with two attached hydrogens (primary N) is 1. The number of likely N-dealkylation sites (N-methyl/N-ethyl adjacent to an activating group) is 1. The summed E-state index contributed by atoms with van der Waals surface area (Å²) in [7, 11) is 1.46. The van der Waals surface area contributed by atoms with Gasteiger partial charge in [0.2, 0.25) is 0 Å². The van der Waals surface area contributed by atoms with Crippen molar-refractivity contribution < 1.29 is 22.7 Å². The largest absolute Gasteiger partial charge is 0.435 e. The molecule has 5 nitrogen and oxygen atoms in total. The molecule has 1 aliphatic rings. The average molecular weight is 399 g/mol. The lowest BCUT2D eigenvalue weighted by molar-refractivity contribution is -0.129. The molecule has 0 spiro atoms. The van der Waals surface area contributed by atoms with Crippen molar-refractivity contribution in [1.82, 2.24) is 4.90 Å². The zero-order valence-electron chi connectivity index (χ0n) is 15.3. The van der Waals surface area contributed by atoms with Crippen LogP contribution in [0.15, 0.2) is 60.1 Å². The molecule has 1 aliphatic heterocycles. The topological polar surface area (TPSA) is 67.9 Å². The minimum atomic E-state index is -2.98. The summed E-state index contributed by atoms with van der Waals surface area (Å²) >= 11 is 0. The van der Waals surface area contributed by atoms with E-state index < -0.39 is 23.9 Å². The molecule has 0 fully saturated rings. The number of hydrogen-bond acceptors (Lipinski definition) is 4. The number of carbonyl (C=O) groups excluding carboxylic acids is 1. The van der Waals surface area contributed by atoms with Crippen molar-refractivity contribution in [3.05, 3.63) is 77.6 Å². The van der Waals surface area contributed by atoms with Gasteiger partial charge in [0.05, 0.1) is 5.56 Å². The number of halogens is 3. The standard InChI is InChI=1S/C21H16F3N3O2/c1-3-4-5-13-12-15(8-11-17(13)22)21(18(28)27(2)20(25)26-21)14-6-9-16(10-7-14)29-19(23)24/h3,6-12,19H,1H2,2H3,(H2,25,26). The van der Waals surface area contributed by atoms with Crippen molar-refractivity contribution in [2.75, 3.05) is 7.05 Å². The molecule has 1 heterocycles. The van der Waals surface area contributed by atoms with Gasteiger partial charge in [-0.15, -0.1) is 0 Å². The lowest BCUT2D eigenvalue weighted by atomic mass is 9.82. The SMILES string of the molecule is C=CC#Cc1cc(C2(c3ccc(OC(F)F)cc3)N=C(N)N(C)C2=O)ccc1F. The monoisotopic (exact) mass is 399 g/mol. The summed E-state index contributed by atoms with van der Waals surface area (Å²) in [6, 6.07) is 9.45. The maximum Gasteiger partial charge on any atom is 0.387 e. The van der Waals surface area contributed by atoms with Gasteiger partial charge in [0.1, 0.15) is 11.6 Å². The van der Waals surface area contributed by atoms with Crippen LogP contribution in [0.25, 0.3) is 0 Å². The van der Waals surface area contributed by atoms with E-state index in [0.717, 1.165) is 0 Å². The molecular formula is C21H16F3N3O2. The molecule has 2 N–H and O–H groups in total. The highest BCUT2D eigenvalue weighted by molar-refractivity contribution is 6.08. The predicted octanol–water partition coefficient (Wildman–Crippen LogP) is 2.99. The van der Waals surface area contributed by atoms with E-state index in [2.05, 4.69) is 28.1 Å². The van der Waals surface area contributed by atoms with E-state index in [9.17, 15) is 18.0 Å². The Bertz CT molecular complexity index is 1060. The quantitative estimate of drug-likeness (QED) is 0.804. The molecule has 29 heavy (non-hydrogen) atoms. The van der Waals surface area contributed by atoms with Crippen LogP contribution in [0.2, 0.25) is 0 Å². The number of amides is 1. The number of hydrogen-bond donors (Lipinski definition) is 1. The molecule has 1 unspecified atom stereocenters. The Morgan fingerprint density at radius 2 is 1.90 bits per heavy atom. The molecule has 0 radical (unpaired) electrons. The first-order valence-electron chi connectivity index (χ1n) is 8.41. The minimum Gasteiger partial charge on any atom is -0.435 e. The van der Waals surface area contributed by atoms with Gasteiger partial charge in [0.15, 0.2) is 11.5 Å². The highest BCUT2D eigenvalue weighted by Gasteiger charge is 2.49. The van der Waals surface area contributed by atoms with E-state index in [1.54, 1.807) is 0 Å². The number of ether oxygens (including phenoxy) is 1. The van der Waals surface area contributed by atoms with Crippen molar-refractivity contribution in [3.8, 4) is 17.6 Å².